The Morgan fingerprint density at radius 3 is 2.68 bits per heavy atom. The zero-order chi connectivity index (χ0) is 16.0. The van der Waals surface area contributed by atoms with Crippen molar-refractivity contribution in [2.45, 2.75) is 44.4 Å². The molecule has 2 rings (SSSR count). The molecule has 1 heterocycles. The van der Waals surface area contributed by atoms with E-state index in [9.17, 15) is 18.0 Å². The summed E-state index contributed by atoms with van der Waals surface area (Å²) in [7, 11) is 0. The monoisotopic (exact) mass is 314 g/mol. The molecule has 1 aromatic rings. The van der Waals surface area contributed by atoms with Gasteiger partial charge in [-0.2, -0.15) is 13.2 Å². The second kappa shape index (κ2) is 7.63. The van der Waals surface area contributed by atoms with Crippen molar-refractivity contribution >= 4 is 5.91 Å². The normalized spacial score (nSPS) is 19.2. The summed E-state index contributed by atoms with van der Waals surface area (Å²) in [6, 6.07) is 10.1. The number of carbonyl (C=O) groups is 1. The minimum Gasteiger partial charge on any atom is -0.341 e. The number of halogens is 3. The number of benzene rings is 1. The van der Waals surface area contributed by atoms with Gasteiger partial charge in [-0.25, -0.2) is 0 Å². The van der Waals surface area contributed by atoms with Crippen molar-refractivity contribution in [3.8, 4) is 0 Å². The fraction of sp³-hybridized carbons (Fsp3) is 0.562. The van der Waals surface area contributed by atoms with E-state index in [-0.39, 0.29) is 6.04 Å². The molecule has 0 unspecified atom stereocenters. The number of piperidine rings is 1. The van der Waals surface area contributed by atoms with Crippen LogP contribution in [0.2, 0.25) is 0 Å². The first-order valence-electron chi connectivity index (χ1n) is 7.56. The number of hydrogen-bond donors (Lipinski definition) is 1. The first-order chi connectivity index (χ1) is 10.4. The third-order valence-electron chi connectivity index (χ3n) is 3.83. The summed E-state index contributed by atoms with van der Waals surface area (Å²) in [6.45, 7) is 1.75. The number of carbonyl (C=O) groups excluding carboxylic acids is 1. The third kappa shape index (κ3) is 5.67. The van der Waals surface area contributed by atoms with E-state index in [1.165, 1.54) is 0 Å². The van der Waals surface area contributed by atoms with Crippen LogP contribution in [0.4, 0.5) is 13.2 Å². The topological polar surface area (TPSA) is 32.3 Å². The van der Waals surface area contributed by atoms with E-state index >= 15 is 0 Å². The van der Waals surface area contributed by atoms with Gasteiger partial charge in [0.05, 0.1) is 6.42 Å². The van der Waals surface area contributed by atoms with E-state index in [0.717, 1.165) is 18.4 Å². The van der Waals surface area contributed by atoms with Crippen molar-refractivity contribution in [2.75, 3.05) is 13.1 Å². The van der Waals surface area contributed by atoms with E-state index in [2.05, 4.69) is 5.32 Å². The Hall–Kier alpha value is -1.56. The van der Waals surface area contributed by atoms with Gasteiger partial charge in [0.25, 0.3) is 0 Å². The van der Waals surface area contributed by atoms with Crippen molar-refractivity contribution in [3.63, 3.8) is 0 Å². The SMILES string of the molecule is O=C(CCC(F)(F)F)N1CCC[C@H](NCc2ccccc2)C1. The number of amides is 1. The van der Waals surface area contributed by atoms with Gasteiger partial charge in [-0.05, 0) is 18.4 Å². The molecule has 1 aliphatic heterocycles. The molecule has 1 N–H and O–H groups in total. The fourth-order valence-corrected chi connectivity index (χ4v) is 2.64. The molecule has 0 aliphatic carbocycles. The Morgan fingerprint density at radius 1 is 1.27 bits per heavy atom. The number of hydrogen-bond acceptors (Lipinski definition) is 2. The van der Waals surface area contributed by atoms with Crippen LogP contribution in [0.25, 0.3) is 0 Å². The van der Waals surface area contributed by atoms with Crippen molar-refractivity contribution in [2.24, 2.45) is 0 Å². The van der Waals surface area contributed by atoms with Gasteiger partial charge in [-0.1, -0.05) is 30.3 Å². The molecule has 0 spiro atoms. The van der Waals surface area contributed by atoms with Crippen molar-refractivity contribution in [1.29, 1.82) is 0 Å². The molecule has 0 bridgehead atoms. The quantitative estimate of drug-likeness (QED) is 0.906. The second-order valence-corrected chi connectivity index (χ2v) is 5.66. The lowest BCUT2D eigenvalue weighted by Crippen LogP contribution is -2.47. The Kier molecular flexibility index (Phi) is 5.83. The van der Waals surface area contributed by atoms with Crippen LogP contribution in [0, 0.1) is 0 Å². The Bertz CT molecular complexity index is 476. The van der Waals surface area contributed by atoms with E-state index in [1.54, 1.807) is 4.90 Å². The van der Waals surface area contributed by atoms with Gasteiger partial charge in [-0.15, -0.1) is 0 Å². The number of likely N-dealkylation sites (tertiary alicyclic amines) is 1. The minimum absolute atomic E-state index is 0.142. The second-order valence-electron chi connectivity index (χ2n) is 5.66. The van der Waals surface area contributed by atoms with Gasteiger partial charge in [0.1, 0.15) is 0 Å². The Balaban J connectivity index is 1.77. The van der Waals surface area contributed by atoms with Crippen LogP contribution in [0.3, 0.4) is 0 Å². The summed E-state index contributed by atoms with van der Waals surface area (Å²) >= 11 is 0. The molecule has 1 aliphatic rings. The minimum atomic E-state index is -4.27. The van der Waals surface area contributed by atoms with Crippen LogP contribution in [-0.2, 0) is 11.3 Å². The lowest BCUT2D eigenvalue weighted by molar-refractivity contribution is -0.149. The highest BCUT2D eigenvalue weighted by Gasteiger charge is 2.30. The molecule has 0 aromatic heterocycles. The van der Waals surface area contributed by atoms with Crippen LogP contribution in [0.1, 0.15) is 31.2 Å². The standard InChI is InChI=1S/C16H21F3N2O/c17-16(18,19)9-8-15(22)21-10-4-7-14(12-21)20-11-13-5-2-1-3-6-13/h1-3,5-6,14,20H,4,7-12H2/t14-/m0/s1. The molecule has 3 nitrogen and oxygen atoms in total. The predicted molar refractivity (Wildman–Crippen MR) is 78.2 cm³/mol. The molecule has 6 heteroatoms. The zero-order valence-electron chi connectivity index (χ0n) is 12.4. The van der Waals surface area contributed by atoms with E-state index < -0.39 is 24.9 Å². The smallest absolute Gasteiger partial charge is 0.341 e. The maximum absolute atomic E-state index is 12.2. The van der Waals surface area contributed by atoms with Gasteiger partial charge in [0.2, 0.25) is 5.91 Å². The van der Waals surface area contributed by atoms with Gasteiger partial charge in [0.15, 0.2) is 0 Å². The first-order valence-corrected chi connectivity index (χ1v) is 7.56. The van der Waals surface area contributed by atoms with Crippen molar-refractivity contribution in [3.05, 3.63) is 35.9 Å². The average molecular weight is 314 g/mol. The fourth-order valence-electron chi connectivity index (χ4n) is 2.64. The molecular weight excluding hydrogens is 293 g/mol. The summed E-state index contributed by atoms with van der Waals surface area (Å²) in [6.07, 6.45) is -3.99. The van der Waals surface area contributed by atoms with Crippen molar-refractivity contribution < 1.29 is 18.0 Å². The maximum atomic E-state index is 12.2. The molecule has 1 amide bonds. The van der Waals surface area contributed by atoms with Crippen molar-refractivity contribution in [1.82, 2.24) is 10.2 Å². The number of nitrogens with one attached hydrogen (secondary N) is 1. The Labute approximate surface area is 128 Å². The van der Waals surface area contributed by atoms with Crippen LogP contribution >= 0.6 is 0 Å². The molecule has 0 saturated carbocycles. The van der Waals surface area contributed by atoms with E-state index in [1.807, 2.05) is 30.3 Å². The molecule has 1 saturated heterocycles. The number of alkyl halides is 3. The highest BCUT2D eigenvalue weighted by atomic mass is 19.4. The highest BCUT2D eigenvalue weighted by Crippen LogP contribution is 2.22. The molecule has 1 atom stereocenters. The molecule has 1 aromatic carbocycles. The molecule has 122 valence electrons. The molecule has 0 radical (unpaired) electrons. The maximum Gasteiger partial charge on any atom is 0.389 e. The molecule has 22 heavy (non-hydrogen) atoms. The van der Waals surface area contributed by atoms with E-state index in [4.69, 9.17) is 0 Å². The van der Waals surface area contributed by atoms with Crippen LogP contribution < -0.4 is 5.32 Å². The number of nitrogens with zero attached hydrogens (tertiary/aromatic N) is 1. The summed E-state index contributed by atoms with van der Waals surface area (Å²) in [5, 5.41) is 3.38. The van der Waals surface area contributed by atoms with Crippen LogP contribution in [0.15, 0.2) is 30.3 Å². The largest absolute Gasteiger partial charge is 0.389 e. The van der Waals surface area contributed by atoms with Gasteiger partial charge < -0.3 is 10.2 Å². The third-order valence-corrected chi connectivity index (χ3v) is 3.83. The zero-order valence-corrected chi connectivity index (χ0v) is 12.4. The predicted octanol–water partition coefficient (Wildman–Crippen LogP) is 3.11. The summed E-state index contributed by atoms with van der Waals surface area (Å²) < 4.78 is 36.6. The molecular formula is C16H21F3N2O. The average Bonchev–Trinajstić information content (AvgIpc) is 2.51. The van der Waals surface area contributed by atoms with Gasteiger partial charge in [-0.3, -0.25) is 4.79 Å². The summed E-state index contributed by atoms with van der Waals surface area (Å²) in [4.78, 5) is 13.4. The molecule has 1 fully saturated rings. The lowest BCUT2D eigenvalue weighted by Gasteiger charge is -2.33. The van der Waals surface area contributed by atoms with Crippen LogP contribution in [0.5, 0.6) is 0 Å². The van der Waals surface area contributed by atoms with E-state index in [0.29, 0.717) is 19.6 Å². The lowest BCUT2D eigenvalue weighted by atomic mass is 10.0. The van der Waals surface area contributed by atoms with Gasteiger partial charge in [0, 0.05) is 32.1 Å². The Morgan fingerprint density at radius 2 is 2.00 bits per heavy atom. The highest BCUT2D eigenvalue weighted by molar-refractivity contribution is 5.76. The summed E-state index contributed by atoms with van der Waals surface area (Å²) in [5.41, 5.74) is 1.16. The first kappa shape index (κ1) is 16.8. The summed E-state index contributed by atoms with van der Waals surface area (Å²) in [5.74, 6) is -0.400. The number of rotatable bonds is 5. The van der Waals surface area contributed by atoms with Gasteiger partial charge >= 0.3 is 6.18 Å². The van der Waals surface area contributed by atoms with Crippen LogP contribution in [-0.4, -0.2) is 36.1 Å².